The molecule has 1 saturated carbocycles. The summed E-state index contributed by atoms with van der Waals surface area (Å²) in [6.07, 6.45) is 3.41. The van der Waals surface area contributed by atoms with Gasteiger partial charge in [0, 0.05) is 17.3 Å². The summed E-state index contributed by atoms with van der Waals surface area (Å²) < 4.78 is 0. The van der Waals surface area contributed by atoms with E-state index in [1.54, 1.807) is 0 Å². The van der Waals surface area contributed by atoms with E-state index in [1.165, 1.54) is 0 Å². The van der Waals surface area contributed by atoms with Crippen molar-refractivity contribution in [1.82, 2.24) is 0 Å². The van der Waals surface area contributed by atoms with Gasteiger partial charge in [0.05, 0.1) is 6.42 Å². The van der Waals surface area contributed by atoms with Crippen LogP contribution < -0.4 is 16.4 Å². The summed E-state index contributed by atoms with van der Waals surface area (Å²) in [6.45, 7) is 0.570. The van der Waals surface area contributed by atoms with Crippen LogP contribution in [0.15, 0.2) is 18.2 Å². The molecule has 1 aliphatic carbocycles. The van der Waals surface area contributed by atoms with E-state index >= 15 is 0 Å². The summed E-state index contributed by atoms with van der Waals surface area (Å²) in [4.78, 5) is 23.6. The summed E-state index contributed by atoms with van der Waals surface area (Å²) in [5, 5.41) is 5.74. The Balaban J connectivity index is 0.00000161. The number of fused-ring (bicyclic) bond motifs is 1. The molecule has 1 fully saturated rings. The number of anilines is 2. The van der Waals surface area contributed by atoms with Gasteiger partial charge in [-0.3, -0.25) is 9.59 Å². The van der Waals surface area contributed by atoms with Crippen LogP contribution in [0.5, 0.6) is 0 Å². The molecule has 2 aliphatic rings. The maximum atomic E-state index is 12.3. The number of amides is 2. The van der Waals surface area contributed by atoms with Crippen LogP contribution in [0.1, 0.15) is 24.8 Å². The van der Waals surface area contributed by atoms with Crippen molar-refractivity contribution in [2.45, 2.75) is 25.7 Å². The number of hydrogen-bond donors (Lipinski definition) is 3. The Kier molecular flexibility index (Phi) is 4.85. The van der Waals surface area contributed by atoms with Crippen molar-refractivity contribution in [2.24, 2.45) is 17.6 Å². The lowest BCUT2D eigenvalue weighted by Gasteiger charge is -2.17. The molecule has 0 spiro atoms. The molecule has 0 saturated heterocycles. The Labute approximate surface area is 130 Å². The number of halogens is 1. The van der Waals surface area contributed by atoms with Gasteiger partial charge in [-0.05, 0) is 49.1 Å². The second-order valence-electron chi connectivity index (χ2n) is 5.62. The second kappa shape index (κ2) is 6.45. The quantitative estimate of drug-likeness (QED) is 0.797. The summed E-state index contributed by atoms with van der Waals surface area (Å²) in [6, 6.07) is 5.54. The van der Waals surface area contributed by atoms with E-state index in [2.05, 4.69) is 10.6 Å². The molecule has 0 bridgehead atoms. The Morgan fingerprint density at radius 2 is 2.19 bits per heavy atom. The van der Waals surface area contributed by atoms with Crippen LogP contribution in [0, 0.1) is 11.8 Å². The number of nitrogens with one attached hydrogen (secondary N) is 2. The van der Waals surface area contributed by atoms with Crippen molar-refractivity contribution in [1.29, 1.82) is 0 Å². The summed E-state index contributed by atoms with van der Waals surface area (Å²) in [5.74, 6) is 0.373. The Morgan fingerprint density at radius 3 is 2.95 bits per heavy atom. The maximum absolute atomic E-state index is 12.3. The zero-order valence-corrected chi connectivity index (χ0v) is 12.5. The van der Waals surface area contributed by atoms with Crippen molar-refractivity contribution in [3.05, 3.63) is 23.8 Å². The molecule has 0 aromatic heterocycles. The van der Waals surface area contributed by atoms with Gasteiger partial charge in [-0.25, -0.2) is 0 Å². The molecule has 1 aromatic rings. The Morgan fingerprint density at radius 1 is 1.38 bits per heavy atom. The van der Waals surface area contributed by atoms with Crippen LogP contribution in [0.4, 0.5) is 11.4 Å². The number of benzene rings is 1. The predicted octanol–water partition coefficient (Wildman–Crippen LogP) is 1.92. The van der Waals surface area contributed by atoms with E-state index < -0.39 is 0 Å². The van der Waals surface area contributed by atoms with E-state index in [0.717, 1.165) is 36.2 Å². The third-order valence-corrected chi connectivity index (χ3v) is 4.30. The highest BCUT2D eigenvalue weighted by atomic mass is 35.5. The van der Waals surface area contributed by atoms with Crippen LogP contribution in [-0.4, -0.2) is 18.4 Å². The van der Waals surface area contributed by atoms with Crippen LogP contribution in [-0.2, 0) is 16.0 Å². The summed E-state index contributed by atoms with van der Waals surface area (Å²) >= 11 is 0. The molecular formula is C15H20ClN3O2. The Bertz CT molecular complexity index is 562. The van der Waals surface area contributed by atoms with Crippen LogP contribution in [0.2, 0.25) is 0 Å². The zero-order valence-electron chi connectivity index (χ0n) is 11.7. The minimum absolute atomic E-state index is 0. The third-order valence-electron chi connectivity index (χ3n) is 4.30. The molecule has 0 unspecified atom stereocenters. The predicted molar refractivity (Wildman–Crippen MR) is 84.5 cm³/mol. The van der Waals surface area contributed by atoms with Crippen molar-refractivity contribution >= 4 is 35.6 Å². The zero-order chi connectivity index (χ0) is 14.1. The van der Waals surface area contributed by atoms with Gasteiger partial charge in [0.2, 0.25) is 11.8 Å². The summed E-state index contributed by atoms with van der Waals surface area (Å²) in [5.41, 5.74) is 8.26. The van der Waals surface area contributed by atoms with E-state index in [0.29, 0.717) is 18.9 Å². The molecule has 1 heterocycles. The van der Waals surface area contributed by atoms with Gasteiger partial charge >= 0.3 is 0 Å². The standard InChI is InChI=1S/C15H19N3O2.ClH/c16-8-9-2-1-3-12(9)15(20)17-11-4-5-13-10(6-11)7-14(19)18-13;/h4-6,9,12H,1-3,7-8,16H2,(H,17,20)(H,18,19);1H/t9-,12-;/m1./s1. The number of carbonyl (C=O) groups excluding carboxylic acids is 2. The fourth-order valence-corrected chi connectivity index (χ4v) is 3.21. The molecule has 0 radical (unpaired) electrons. The van der Waals surface area contributed by atoms with Gasteiger partial charge in [0.1, 0.15) is 0 Å². The monoisotopic (exact) mass is 309 g/mol. The van der Waals surface area contributed by atoms with Crippen LogP contribution in [0.25, 0.3) is 0 Å². The lowest BCUT2D eigenvalue weighted by Crippen LogP contribution is -2.29. The van der Waals surface area contributed by atoms with Crippen molar-refractivity contribution < 1.29 is 9.59 Å². The highest BCUT2D eigenvalue weighted by molar-refractivity contribution is 6.00. The van der Waals surface area contributed by atoms with Gasteiger partial charge in [-0.1, -0.05) is 6.42 Å². The fourth-order valence-electron chi connectivity index (χ4n) is 3.21. The van der Waals surface area contributed by atoms with Gasteiger partial charge in [-0.2, -0.15) is 0 Å². The molecule has 1 aliphatic heterocycles. The third kappa shape index (κ3) is 3.19. The van der Waals surface area contributed by atoms with E-state index in [4.69, 9.17) is 5.73 Å². The number of hydrogen-bond acceptors (Lipinski definition) is 3. The highest BCUT2D eigenvalue weighted by Crippen LogP contribution is 2.32. The molecule has 6 heteroatoms. The molecule has 2 amide bonds. The average molecular weight is 310 g/mol. The van der Waals surface area contributed by atoms with Gasteiger partial charge in [0.15, 0.2) is 0 Å². The average Bonchev–Trinajstić information content (AvgIpc) is 3.02. The first-order chi connectivity index (χ1) is 9.67. The normalized spacial score (nSPS) is 23.2. The fraction of sp³-hybridized carbons (Fsp3) is 0.467. The van der Waals surface area contributed by atoms with E-state index in [9.17, 15) is 9.59 Å². The van der Waals surface area contributed by atoms with Crippen molar-refractivity contribution in [3.63, 3.8) is 0 Å². The molecule has 3 rings (SSSR count). The second-order valence-corrected chi connectivity index (χ2v) is 5.62. The number of carbonyl (C=O) groups is 2. The van der Waals surface area contributed by atoms with Gasteiger partial charge in [-0.15, -0.1) is 12.4 Å². The number of nitrogens with two attached hydrogens (primary N) is 1. The van der Waals surface area contributed by atoms with Crippen molar-refractivity contribution in [2.75, 3.05) is 17.2 Å². The topological polar surface area (TPSA) is 84.2 Å². The molecular weight excluding hydrogens is 290 g/mol. The lowest BCUT2D eigenvalue weighted by atomic mass is 9.95. The minimum Gasteiger partial charge on any atom is -0.330 e. The molecule has 21 heavy (non-hydrogen) atoms. The molecule has 4 N–H and O–H groups in total. The van der Waals surface area contributed by atoms with Crippen LogP contribution >= 0.6 is 12.4 Å². The Hall–Kier alpha value is -1.59. The first kappa shape index (κ1) is 15.8. The molecule has 1 aromatic carbocycles. The smallest absolute Gasteiger partial charge is 0.228 e. The van der Waals surface area contributed by atoms with E-state index in [-0.39, 0.29) is 30.1 Å². The summed E-state index contributed by atoms with van der Waals surface area (Å²) in [7, 11) is 0. The molecule has 114 valence electrons. The van der Waals surface area contributed by atoms with Gasteiger partial charge in [0.25, 0.3) is 0 Å². The highest BCUT2D eigenvalue weighted by Gasteiger charge is 2.32. The van der Waals surface area contributed by atoms with Crippen molar-refractivity contribution in [3.8, 4) is 0 Å². The van der Waals surface area contributed by atoms with Gasteiger partial charge < -0.3 is 16.4 Å². The number of rotatable bonds is 3. The molecule has 2 atom stereocenters. The molecule has 5 nitrogen and oxygen atoms in total. The lowest BCUT2D eigenvalue weighted by molar-refractivity contribution is -0.120. The van der Waals surface area contributed by atoms with Crippen LogP contribution in [0.3, 0.4) is 0 Å². The minimum atomic E-state index is 0. The SMILES string of the molecule is Cl.NC[C@H]1CCC[C@H]1C(=O)Nc1ccc2c(c1)CC(=O)N2. The maximum Gasteiger partial charge on any atom is 0.228 e. The first-order valence-corrected chi connectivity index (χ1v) is 7.11. The largest absolute Gasteiger partial charge is 0.330 e. The first-order valence-electron chi connectivity index (χ1n) is 7.11. The van der Waals surface area contributed by atoms with E-state index in [1.807, 2.05) is 18.2 Å².